The van der Waals surface area contributed by atoms with Crippen LogP contribution in [0.3, 0.4) is 0 Å². The molecule has 8 heteroatoms. The Morgan fingerprint density at radius 3 is 2.30 bits per heavy atom. The standard InChI is InChI=1S/C22H23F3O5/c23-22(24,25)18-5-3-6-19(13-18)30-14-16(4-1-2-7-20(26)27)12-15-8-10-17(11-9-15)21(28)29/h3,5-6,8-11,13,16H,1-2,4,7,12,14H2,(H,26,27)(H,28,29). The van der Waals surface area contributed by atoms with E-state index >= 15 is 0 Å². The molecule has 162 valence electrons. The van der Waals surface area contributed by atoms with E-state index in [9.17, 15) is 22.8 Å². The van der Waals surface area contributed by atoms with Crippen LogP contribution in [0.5, 0.6) is 5.75 Å². The quantitative estimate of drug-likeness (QED) is 0.479. The van der Waals surface area contributed by atoms with Crippen molar-refractivity contribution in [3.8, 4) is 5.75 Å². The van der Waals surface area contributed by atoms with Crippen LogP contribution in [0.1, 0.15) is 47.2 Å². The van der Waals surface area contributed by atoms with Crippen molar-refractivity contribution in [3.63, 3.8) is 0 Å². The van der Waals surface area contributed by atoms with E-state index in [1.54, 1.807) is 12.1 Å². The Bertz CT molecular complexity index is 847. The lowest BCUT2D eigenvalue weighted by Crippen LogP contribution is -2.16. The van der Waals surface area contributed by atoms with Crippen molar-refractivity contribution in [1.82, 2.24) is 0 Å². The van der Waals surface area contributed by atoms with E-state index in [0.717, 1.165) is 17.7 Å². The van der Waals surface area contributed by atoms with Gasteiger partial charge in [0.25, 0.3) is 0 Å². The van der Waals surface area contributed by atoms with Crippen LogP contribution in [0.4, 0.5) is 13.2 Å². The summed E-state index contributed by atoms with van der Waals surface area (Å²) in [5.41, 5.74) is 0.245. The number of benzene rings is 2. The number of hydrogen-bond acceptors (Lipinski definition) is 3. The van der Waals surface area contributed by atoms with Crippen molar-refractivity contribution in [3.05, 3.63) is 65.2 Å². The molecule has 0 saturated heterocycles. The molecule has 5 nitrogen and oxygen atoms in total. The molecule has 0 aliphatic rings. The molecule has 0 bridgehead atoms. The zero-order valence-corrected chi connectivity index (χ0v) is 16.2. The number of carbonyl (C=O) groups is 2. The van der Waals surface area contributed by atoms with Gasteiger partial charge in [-0.2, -0.15) is 13.2 Å². The molecule has 0 aromatic heterocycles. The number of halogens is 3. The van der Waals surface area contributed by atoms with E-state index in [0.29, 0.717) is 25.7 Å². The average Bonchev–Trinajstić information content (AvgIpc) is 2.69. The number of ether oxygens (including phenoxy) is 1. The normalized spacial score (nSPS) is 12.4. The van der Waals surface area contributed by atoms with Gasteiger partial charge in [0.1, 0.15) is 5.75 Å². The molecular formula is C22H23F3O5. The van der Waals surface area contributed by atoms with Crippen LogP contribution in [0.2, 0.25) is 0 Å². The van der Waals surface area contributed by atoms with E-state index in [-0.39, 0.29) is 30.3 Å². The van der Waals surface area contributed by atoms with Crippen LogP contribution in [0.25, 0.3) is 0 Å². The number of rotatable bonds is 11. The number of carboxylic acids is 2. The van der Waals surface area contributed by atoms with Gasteiger partial charge in [0.15, 0.2) is 0 Å². The minimum Gasteiger partial charge on any atom is -0.493 e. The minimum absolute atomic E-state index is 0.0501. The molecular weight excluding hydrogens is 401 g/mol. The summed E-state index contributed by atoms with van der Waals surface area (Å²) >= 11 is 0. The van der Waals surface area contributed by atoms with Crippen LogP contribution >= 0.6 is 0 Å². The molecule has 0 amide bonds. The predicted octanol–water partition coefficient (Wildman–Crippen LogP) is 5.29. The Labute approximate surface area is 172 Å². The molecule has 0 fully saturated rings. The summed E-state index contributed by atoms with van der Waals surface area (Å²) in [6.45, 7) is 0.162. The predicted molar refractivity (Wildman–Crippen MR) is 104 cm³/mol. The van der Waals surface area contributed by atoms with E-state index in [2.05, 4.69) is 0 Å². The molecule has 2 aromatic rings. The fraction of sp³-hybridized carbons (Fsp3) is 0.364. The van der Waals surface area contributed by atoms with Gasteiger partial charge in [-0.3, -0.25) is 4.79 Å². The lowest BCUT2D eigenvalue weighted by molar-refractivity contribution is -0.138. The van der Waals surface area contributed by atoms with Crippen molar-refractivity contribution in [1.29, 1.82) is 0 Å². The van der Waals surface area contributed by atoms with Gasteiger partial charge < -0.3 is 14.9 Å². The Morgan fingerprint density at radius 1 is 1.00 bits per heavy atom. The topological polar surface area (TPSA) is 83.8 Å². The molecule has 2 aromatic carbocycles. The molecule has 0 radical (unpaired) electrons. The Balaban J connectivity index is 2.03. The summed E-state index contributed by atoms with van der Waals surface area (Å²) in [5.74, 6) is -1.86. The van der Waals surface area contributed by atoms with Crippen LogP contribution in [0.15, 0.2) is 48.5 Å². The van der Waals surface area contributed by atoms with Gasteiger partial charge in [0.2, 0.25) is 0 Å². The Kier molecular flexibility index (Phi) is 8.26. The lowest BCUT2D eigenvalue weighted by atomic mass is 9.94. The summed E-state index contributed by atoms with van der Waals surface area (Å²) in [7, 11) is 0. The molecule has 2 N–H and O–H groups in total. The van der Waals surface area contributed by atoms with E-state index in [4.69, 9.17) is 14.9 Å². The first-order valence-electron chi connectivity index (χ1n) is 9.49. The molecule has 1 unspecified atom stereocenters. The van der Waals surface area contributed by atoms with E-state index < -0.39 is 23.7 Å². The number of aromatic carboxylic acids is 1. The number of alkyl halides is 3. The van der Waals surface area contributed by atoms with Crippen molar-refractivity contribution >= 4 is 11.9 Å². The molecule has 0 aliphatic heterocycles. The van der Waals surface area contributed by atoms with Gasteiger partial charge >= 0.3 is 18.1 Å². The minimum atomic E-state index is -4.46. The summed E-state index contributed by atoms with van der Waals surface area (Å²) < 4.78 is 44.2. The first kappa shape index (κ1) is 23.3. The highest BCUT2D eigenvalue weighted by atomic mass is 19.4. The smallest absolute Gasteiger partial charge is 0.416 e. The van der Waals surface area contributed by atoms with Gasteiger partial charge in [0.05, 0.1) is 17.7 Å². The summed E-state index contributed by atoms with van der Waals surface area (Å²) in [6, 6.07) is 11.0. The van der Waals surface area contributed by atoms with Gasteiger partial charge in [-0.1, -0.05) is 24.6 Å². The number of aliphatic carboxylic acids is 1. The second kappa shape index (κ2) is 10.7. The molecule has 0 spiro atoms. The van der Waals surface area contributed by atoms with E-state index in [1.165, 1.54) is 24.3 Å². The van der Waals surface area contributed by atoms with Crippen molar-refractivity contribution in [2.24, 2.45) is 5.92 Å². The molecule has 30 heavy (non-hydrogen) atoms. The maximum Gasteiger partial charge on any atom is 0.416 e. The van der Waals surface area contributed by atoms with Crippen molar-refractivity contribution < 1.29 is 37.7 Å². The second-order valence-corrected chi connectivity index (χ2v) is 7.05. The van der Waals surface area contributed by atoms with Gasteiger partial charge in [-0.05, 0) is 61.1 Å². The summed E-state index contributed by atoms with van der Waals surface area (Å²) in [4.78, 5) is 21.7. The largest absolute Gasteiger partial charge is 0.493 e. The molecule has 0 saturated carbocycles. The fourth-order valence-corrected chi connectivity index (χ4v) is 3.05. The lowest BCUT2D eigenvalue weighted by Gasteiger charge is -2.18. The molecule has 0 aliphatic carbocycles. The van der Waals surface area contributed by atoms with Crippen LogP contribution in [-0.4, -0.2) is 28.8 Å². The summed E-state index contributed by atoms with van der Waals surface area (Å²) in [6.07, 6.45) is -2.11. The van der Waals surface area contributed by atoms with Gasteiger partial charge in [-0.15, -0.1) is 0 Å². The second-order valence-electron chi connectivity index (χ2n) is 7.05. The van der Waals surface area contributed by atoms with Crippen molar-refractivity contribution in [2.45, 2.75) is 38.3 Å². The Morgan fingerprint density at radius 2 is 1.70 bits per heavy atom. The monoisotopic (exact) mass is 424 g/mol. The fourth-order valence-electron chi connectivity index (χ4n) is 3.05. The number of hydrogen-bond donors (Lipinski definition) is 2. The van der Waals surface area contributed by atoms with Crippen LogP contribution in [-0.2, 0) is 17.4 Å². The van der Waals surface area contributed by atoms with Crippen molar-refractivity contribution in [2.75, 3.05) is 6.61 Å². The zero-order valence-electron chi connectivity index (χ0n) is 16.2. The average molecular weight is 424 g/mol. The molecule has 2 rings (SSSR count). The molecule has 0 heterocycles. The number of unbranched alkanes of at least 4 members (excludes halogenated alkanes) is 1. The first-order chi connectivity index (χ1) is 14.1. The first-order valence-corrected chi connectivity index (χ1v) is 9.49. The maximum atomic E-state index is 12.9. The van der Waals surface area contributed by atoms with Crippen LogP contribution < -0.4 is 4.74 Å². The third kappa shape index (κ3) is 7.77. The Hall–Kier alpha value is -3.03. The SMILES string of the molecule is O=C(O)CCCCC(COc1cccc(C(F)(F)F)c1)Cc1ccc(C(=O)O)cc1. The summed E-state index contributed by atoms with van der Waals surface area (Å²) in [5, 5.41) is 17.8. The highest BCUT2D eigenvalue weighted by Gasteiger charge is 2.30. The highest BCUT2D eigenvalue weighted by Crippen LogP contribution is 2.31. The van der Waals surface area contributed by atoms with Gasteiger partial charge in [-0.25, -0.2) is 4.79 Å². The zero-order chi connectivity index (χ0) is 22.1. The maximum absolute atomic E-state index is 12.9. The third-order valence-electron chi connectivity index (χ3n) is 4.63. The van der Waals surface area contributed by atoms with Gasteiger partial charge in [0, 0.05) is 6.42 Å². The molecule has 1 atom stereocenters. The third-order valence-corrected chi connectivity index (χ3v) is 4.63. The number of carboxylic acid groups (broad SMARTS) is 2. The van der Waals surface area contributed by atoms with Crippen LogP contribution in [0, 0.1) is 5.92 Å². The van der Waals surface area contributed by atoms with E-state index in [1.807, 2.05) is 0 Å². The highest BCUT2D eigenvalue weighted by molar-refractivity contribution is 5.87.